The van der Waals surface area contributed by atoms with Crippen molar-refractivity contribution in [3.05, 3.63) is 34.3 Å². The third-order valence-electron chi connectivity index (χ3n) is 2.67. The Morgan fingerprint density at radius 3 is 2.59 bits per heavy atom. The van der Waals surface area contributed by atoms with E-state index in [9.17, 15) is 4.79 Å². The molecule has 0 aliphatic carbocycles. The van der Waals surface area contributed by atoms with E-state index in [1.807, 2.05) is 45.0 Å². The second kappa shape index (κ2) is 5.87. The zero-order chi connectivity index (χ0) is 13.1. The summed E-state index contributed by atoms with van der Waals surface area (Å²) in [5.41, 5.74) is 0.517. The van der Waals surface area contributed by atoms with Crippen molar-refractivity contribution >= 4 is 33.4 Å². The van der Waals surface area contributed by atoms with E-state index in [1.54, 1.807) is 0 Å². The number of alkyl halides is 1. The molecular weight excluding hydrogens is 302 g/mol. The van der Waals surface area contributed by atoms with Gasteiger partial charge in [-0.15, -0.1) is 11.6 Å². The third kappa shape index (κ3) is 3.71. The highest BCUT2D eigenvalue weighted by Gasteiger charge is 2.27. The summed E-state index contributed by atoms with van der Waals surface area (Å²) in [5.74, 6) is 0.275. The van der Waals surface area contributed by atoms with Crippen LogP contribution in [-0.2, 0) is 4.79 Å². The van der Waals surface area contributed by atoms with Gasteiger partial charge < -0.3 is 5.32 Å². The van der Waals surface area contributed by atoms with E-state index in [0.717, 1.165) is 10.0 Å². The van der Waals surface area contributed by atoms with Crippen molar-refractivity contribution in [3.8, 4) is 0 Å². The van der Waals surface area contributed by atoms with Crippen molar-refractivity contribution in [3.63, 3.8) is 0 Å². The summed E-state index contributed by atoms with van der Waals surface area (Å²) in [5, 5.41) is 2.97. The molecule has 1 aromatic carbocycles. The van der Waals surface area contributed by atoms with Gasteiger partial charge in [-0.25, -0.2) is 0 Å². The second-order valence-corrected chi connectivity index (χ2v) is 5.86. The van der Waals surface area contributed by atoms with Crippen LogP contribution in [0.5, 0.6) is 0 Å². The lowest BCUT2D eigenvalue weighted by Gasteiger charge is -2.24. The van der Waals surface area contributed by atoms with Gasteiger partial charge >= 0.3 is 0 Å². The Balaban J connectivity index is 2.77. The fraction of sp³-hybridized carbons (Fsp3) is 0.462. The Morgan fingerprint density at radius 2 is 2.06 bits per heavy atom. The standard InChI is InChI=1S/C13H17BrClNO/c1-9(10-6-4-5-7-11(10)14)16-12(17)13(2,3)8-15/h4-7,9H,8H2,1-3H3,(H,16,17)/t9-/m0/s1. The van der Waals surface area contributed by atoms with Crippen LogP contribution in [0, 0.1) is 5.41 Å². The van der Waals surface area contributed by atoms with E-state index in [-0.39, 0.29) is 11.9 Å². The summed E-state index contributed by atoms with van der Waals surface area (Å²) in [4.78, 5) is 12.0. The van der Waals surface area contributed by atoms with Crippen molar-refractivity contribution < 1.29 is 4.79 Å². The van der Waals surface area contributed by atoms with E-state index < -0.39 is 5.41 Å². The van der Waals surface area contributed by atoms with E-state index >= 15 is 0 Å². The number of benzene rings is 1. The molecule has 1 aromatic rings. The number of rotatable bonds is 4. The molecule has 0 unspecified atom stereocenters. The van der Waals surface area contributed by atoms with Gasteiger partial charge in [0, 0.05) is 10.4 Å². The summed E-state index contributed by atoms with van der Waals surface area (Å²) >= 11 is 9.26. The number of carbonyl (C=O) groups excluding carboxylic acids is 1. The number of hydrogen-bond donors (Lipinski definition) is 1. The van der Waals surface area contributed by atoms with Crippen molar-refractivity contribution in [2.24, 2.45) is 5.41 Å². The number of carbonyl (C=O) groups is 1. The highest BCUT2D eigenvalue weighted by molar-refractivity contribution is 9.10. The monoisotopic (exact) mass is 317 g/mol. The molecular formula is C13H17BrClNO. The molecule has 1 N–H and O–H groups in total. The second-order valence-electron chi connectivity index (χ2n) is 4.73. The minimum absolute atomic E-state index is 0.0317. The molecule has 0 aliphatic rings. The Kier molecular flexibility index (Phi) is 5.02. The van der Waals surface area contributed by atoms with E-state index in [2.05, 4.69) is 21.2 Å². The molecule has 0 bridgehead atoms. The molecule has 1 atom stereocenters. The average molecular weight is 319 g/mol. The van der Waals surface area contributed by atoms with Gasteiger partial charge in [0.05, 0.1) is 11.5 Å². The predicted octanol–water partition coefficient (Wildman–Crippen LogP) is 3.89. The summed E-state index contributed by atoms with van der Waals surface area (Å²) < 4.78 is 0.997. The Labute approximate surface area is 116 Å². The normalized spacial score (nSPS) is 13.2. The number of amides is 1. The molecule has 0 saturated carbocycles. The van der Waals surface area contributed by atoms with Gasteiger partial charge in [-0.05, 0) is 32.4 Å². The molecule has 4 heteroatoms. The maximum Gasteiger partial charge on any atom is 0.227 e. The SMILES string of the molecule is C[C@H](NC(=O)C(C)(C)CCl)c1ccccc1Br. The molecule has 2 nitrogen and oxygen atoms in total. The quantitative estimate of drug-likeness (QED) is 0.838. The Bertz CT molecular complexity index is 406. The summed E-state index contributed by atoms with van der Waals surface area (Å²) in [6.07, 6.45) is 0. The van der Waals surface area contributed by atoms with Gasteiger partial charge in [0.1, 0.15) is 0 Å². The Hall–Kier alpha value is -0.540. The first-order valence-corrected chi connectivity index (χ1v) is 6.82. The zero-order valence-electron chi connectivity index (χ0n) is 10.3. The average Bonchev–Trinajstić information content (AvgIpc) is 2.29. The number of hydrogen-bond acceptors (Lipinski definition) is 1. The fourth-order valence-electron chi connectivity index (χ4n) is 1.36. The number of nitrogens with one attached hydrogen (secondary N) is 1. The smallest absolute Gasteiger partial charge is 0.227 e. The van der Waals surface area contributed by atoms with Crippen LogP contribution < -0.4 is 5.32 Å². The minimum atomic E-state index is -0.545. The molecule has 0 saturated heterocycles. The van der Waals surface area contributed by atoms with Crippen molar-refractivity contribution in [2.75, 3.05) is 5.88 Å². The summed E-state index contributed by atoms with van der Waals surface area (Å²) in [7, 11) is 0. The molecule has 1 rings (SSSR count). The lowest BCUT2D eigenvalue weighted by Crippen LogP contribution is -2.39. The fourth-order valence-corrected chi connectivity index (χ4v) is 2.11. The first-order valence-electron chi connectivity index (χ1n) is 5.50. The Morgan fingerprint density at radius 1 is 1.47 bits per heavy atom. The zero-order valence-corrected chi connectivity index (χ0v) is 12.6. The molecule has 17 heavy (non-hydrogen) atoms. The van der Waals surface area contributed by atoms with Crippen LogP contribution in [-0.4, -0.2) is 11.8 Å². The van der Waals surface area contributed by atoms with Crippen LogP contribution in [0.15, 0.2) is 28.7 Å². The van der Waals surface area contributed by atoms with E-state index in [0.29, 0.717) is 5.88 Å². The van der Waals surface area contributed by atoms with Gasteiger partial charge in [0.2, 0.25) is 5.91 Å². The molecule has 94 valence electrons. The van der Waals surface area contributed by atoms with Crippen LogP contribution in [0.2, 0.25) is 0 Å². The largest absolute Gasteiger partial charge is 0.349 e. The molecule has 1 amide bonds. The maximum absolute atomic E-state index is 12.0. The molecule has 0 aliphatic heterocycles. The van der Waals surface area contributed by atoms with Gasteiger partial charge in [0.25, 0.3) is 0 Å². The molecule has 0 aromatic heterocycles. The minimum Gasteiger partial charge on any atom is -0.349 e. The summed E-state index contributed by atoms with van der Waals surface area (Å²) in [6.45, 7) is 5.63. The van der Waals surface area contributed by atoms with E-state index in [4.69, 9.17) is 11.6 Å². The van der Waals surface area contributed by atoms with Crippen molar-refractivity contribution in [1.29, 1.82) is 0 Å². The van der Waals surface area contributed by atoms with E-state index in [1.165, 1.54) is 0 Å². The van der Waals surface area contributed by atoms with Gasteiger partial charge in [-0.3, -0.25) is 4.79 Å². The number of halogens is 2. The highest BCUT2D eigenvalue weighted by Crippen LogP contribution is 2.24. The first kappa shape index (κ1) is 14.5. The lowest BCUT2D eigenvalue weighted by molar-refractivity contribution is -0.129. The maximum atomic E-state index is 12.0. The lowest BCUT2D eigenvalue weighted by atomic mass is 9.94. The van der Waals surface area contributed by atoms with Crippen LogP contribution in [0.25, 0.3) is 0 Å². The van der Waals surface area contributed by atoms with Crippen LogP contribution in [0.3, 0.4) is 0 Å². The van der Waals surface area contributed by atoms with Gasteiger partial charge in [-0.1, -0.05) is 34.1 Å². The van der Waals surface area contributed by atoms with Crippen LogP contribution in [0.4, 0.5) is 0 Å². The van der Waals surface area contributed by atoms with Crippen molar-refractivity contribution in [1.82, 2.24) is 5.32 Å². The third-order valence-corrected chi connectivity index (χ3v) is 4.06. The first-order chi connectivity index (χ1) is 7.88. The highest BCUT2D eigenvalue weighted by atomic mass is 79.9. The van der Waals surface area contributed by atoms with Crippen LogP contribution >= 0.6 is 27.5 Å². The topological polar surface area (TPSA) is 29.1 Å². The molecule has 0 spiro atoms. The van der Waals surface area contributed by atoms with Crippen molar-refractivity contribution in [2.45, 2.75) is 26.8 Å². The molecule has 0 radical (unpaired) electrons. The van der Waals surface area contributed by atoms with Crippen LogP contribution in [0.1, 0.15) is 32.4 Å². The van der Waals surface area contributed by atoms with Gasteiger partial charge in [0.15, 0.2) is 0 Å². The molecule has 0 fully saturated rings. The predicted molar refractivity (Wildman–Crippen MR) is 75.2 cm³/mol. The summed E-state index contributed by atoms with van der Waals surface area (Å²) in [6, 6.07) is 7.81. The van der Waals surface area contributed by atoms with Gasteiger partial charge in [-0.2, -0.15) is 0 Å². The molecule has 0 heterocycles.